The van der Waals surface area contributed by atoms with Crippen molar-refractivity contribution in [3.8, 4) is 16.9 Å². The minimum Gasteiger partial charge on any atom is -0.489 e. The third kappa shape index (κ3) is 4.08. The second-order valence-corrected chi connectivity index (χ2v) is 7.43. The van der Waals surface area contributed by atoms with Crippen molar-refractivity contribution >= 4 is 16.9 Å². The fourth-order valence-electron chi connectivity index (χ4n) is 3.77. The van der Waals surface area contributed by atoms with E-state index in [1.807, 2.05) is 18.2 Å². The number of hydrogen-bond acceptors (Lipinski definition) is 4. The number of fused-ring (bicyclic) bond motifs is 1. The maximum atomic E-state index is 11.5. The predicted molar refractivity (Wildman–Crippen MR) is 118 cm³/mol. The molecular formula is C26H24O4. The summed E-state index contributed by atoms with van der Waals surface area (Å²) >= 11 is 0. The summed E-state index contributed by atoms with van der Waals surface area (Å²) in [5.74, 6) is 0.431. The first kappa shape index (κ1) is 19.8. The molecule has 4 aromatic rings. The molecule has 4 heteroatoms. The largest absolute Gasteiger partial charge is 0.489 e. The minimum absolute atomic E-state index is 0.189. The van der Waals surface area contributed by atoms with E-state index in [0.717, 1.165) is 22.3 Å². The molecule has 0 atom stereocenters. The van der Waals surface area contributed by atoms with Gasteiger partial charge in [0, 0.05) is 17.0 Å². The highest BCUT2D eigenvalue weighted by Crippen LogP contribution is 2.29. The lowest BCUT2D eigenvalue weighted by molar-refractivity contribution is -0.139. The topological polar surface area (TPSA) is 48.7 Å². The maximum Gasteiger partial charge on any atom is 0.310 e. The Morgan fingerprint density at radius 1 is 0.967 bits per heavy atom. The van der Waals surface area contributed by atoms with Crippen LogP contribution in [0.3, 0.4) is 0 Å². The molecule has 0 saturated carbocycles. The van der Waals surface area contributed by atoms with Gasteiger partial charge in [0.25, 0.3) is 0 Å². The Morgan fingerprint density at radius 3 is 2.50 bits per heavy atom. The number of furan rings is 1. The van der Waals surface area contributed by atoms with Gasteiger partial charge in [0.1, 0.15) is 17.9 Å². The Balaban J connectivity index is 1.51. The molecule has 3 aromatic carbocycles. The van der Waals surface area contributed by atoms with E-state index in [9.17, 15) is 4.79 Å². The number of benzene rings is 3. The van der Waals surface area contributed by atoms with E-state index in [1.165, 1.54) is 29.4 Å². The molecule has 0 aliphatic rings. The van der Waals surface area contributed by atoms with Crippen molar-refractivity contribution < 1.29 is 18.7 Å². The van der Waals surface area contributed by atoms with Crippen molar-refractivity contribution in [2.45, 2.75) is 26.9 Å². The van der Waals surface area contributed by atoms with Gasteiger partial charge in [-0.15, -0.1) is 0 Å². The number of ether oxygens (including phenoxy) is 2. The molecule has 1 aromatic heterocycles. The molecule has 0 saturated heterocycles. The smallest absolute Gasteiger partial charge is 0.310 e. The van der Waals surface area contributed by atoms with Crippen LogP contribution in [-0.2, 0) is 22.6 Å². The lowest BCUT2D eigenvalue weighted by Gasteiger charge is -2.12. The van der Waals surface area contributed by atoms with E-state index in [2.05, 4.69) is 56.3 Å². The molecule has 0 amide bonds. The minimum atomic E-state index is -0.290. The second kappa shape index (κ2) is 8.46. The molecule has 0 radical (unpaired) electrons. The van der Waals surface area contributed by atoms with Crippen LogP contribution < -0.4 is 4.74 Å². The number of rotatable bonds is 6. The van der Waals surface area contributed by atoms with E-state index >= 15 is 0 Å². The van der Waals surface area contributed by atoms with Gasteiger partial charge in [-0.25, -0.2) is 0 Å². The Labute approximate surface area is 176 Å². The molecule has 0 N–H and O–H groups in total. The summed E-state index contributed by atoms with van der Waals surface area (Å²) in [6.45, 7) is 4.73. The average Bonchev–Trinajstić information content (AvgIpc) is 3.14. The van der Waals surface area contributed by atoms with Crippen LogP contribution in [0.4, 0.5) is 0 Å². The summed E-state index contributed by atoms with van der Waals surface area (Å²) in [6, 6.07) is 20.5. The predicted octanol–water partition coefficient (Wildman–Crippen LogP) is 6.01. The number of esters is 1. The molecule has 4 rings (SSSR count). The highest BCUT2D eigenvalue weighted by Gasteiger charge is 2.12. The van der Waals surface area contributed by atoms with Gasteiger partial charge >= 0.3 is 5.97 Å². The zero-order valence-electron chi connectivity index (χ0n) is 17.4. The molecule has 0 aliphatic carbocycles. The van der Waals surface area contributed by atoms with Crippen LogP contribution >= 0.6 is 0 Å². The molecule has 0 aliphatic heterocycles. The fourth-order valence-corrected chi connectivity index (χ4v) is 3.77. The first-order valence-electron chi connectivity index (χ1n) is 9.90. The van der Waals surface area contributed by atoms with E-state index in [1.54, 1.807) is 6.26 Å². The summed E-state index contributed by atoms with van der Waals surface area (Å²) < 4.78 is 16.3. The van der Waals surface area contributed by atoms with E-state index in [0.29, 0.717) is 12.2 Å². The molecule has 1 heterocycles. The molecule has 0 spiro atoms. The van der Waals surface area contributed by atoms with Crippen LogP contribution in [0.1, 0.15) is 22.3 Å². The number of methoxy groups -OCH3 is 1. The zero-order valence-corrected chi connectivity index (χ0v) is 17.4. The van der Waals surface area contributed by atoms with Gasteiger partial charge in [-0.3, -0.25) is 4.79 Å². The zero-order chi connectivity index (χ0) is 21.1. The Morgan fingerprint density at radius 2 is 1.73 bits per heavy atom. The normalized spacial score (nSPS) is 10.9. The maximum absolute atomic E-state index is 11.5. The number of carbonyl (C=O) groups excluding carboxylic acids is 1. The average molecular weight is 400 g/mol. The molecule has 0 bridgehead atoms. The van der Waals surface area contributed by atoms with Gasteiger partial charge < -0.3 is 13.9 Å². The van der Waals surface area contributed by atoms with Gasteiger partial charge in [-0.2, -0.15) is 0 Å². The van der Waals surface area contributed by atoms with Crippen molar-refractivity contribution in [3.05, 3.63) is 89.2 Å². The van der Waals surface area contributed by atoms with E-state index in [4.69, 9.17) is 13.9 Å². The van der Waals surface area contributed by atoms with Crippen LogP contribution in [0.2, 0.25) is 0 Å². The molecule has 30 heavy (non-hydrogen) atoms. The Bertz CT molecular complexity index is 1180. The van der Waals surface area contributed by atoms with Crippen molar-refractivity contribution in [1.82, 2.24) is 0 Å². The Hall–Kier alpha value is -3.53. The molecule has 152 valence electrons. The lowest BCUT2D eigenvalue weighted by atomic mass is 9.95. The first-order valence-corrected chi connectivity index (χ1v) is 9.90. The Kier molecular flexibility index (Phi) is 5.57. The standard InChI is InChI=1S/C26H24O4/c1-17-6-4-7-18(2)26(17)20-9-5-8-19(12-20)15-29-22-10-11-23-21(13-25(27)28-3)16-30-24(23)14-22/h4-12,14,16H,13,15H2,1-3H3. The SMILES string of the molecule is COC(=O)Cc1coc2cc(OCc3cccc(-c4c(C)cccc4C)c3)ccc12. The molecule has 0 unspecified atom stereocenters. The van der Waals surface area contributed by atoms with Gasteiger partial charge in [0.15, 0.2) is 0 Å². The van der Waals surface area contributed by atoms with Gasteiger partial charge in [-0.1, -0.05) is 36.4 Å². The lowest BCUT2D eigenvalue weighted by Crippen LogP contribution is -2.03. The second-order valence-electron chi connectivity index (χ2n) is 7.43. The van der Waals surface area contributed by atoms with Gasteiger partial charge in [0.2, 0.25) is 0 Å². The van der Waals surface area contributed by atoms with Crippen LogP contribution in [-0.4, -0.2) is 13.1 Å². The van der Waals surface area contributed by atoms with Gasteiger partial charge in [0.05, 0.1) is 19.8 Å². The molecule has 0 fully saturated rings. The summed E-state index contributed by atoms with van der Waals surface area (Å²) in [7, 11) is 1.38. The van der Waals surface area contributed by atoms with Crippen molar-refractivity contribution in [2.75, 3.05) is 7.11 Å². The van der Waals surface area contributed by atoms with Crippen LogP contribution in [0.25, 0.3) is 22.1 Å². The van der Waals surface area contributed by atoms with Crippen LogP contribution in [0, 0.1) is 13.8 Å². The van der Waals surface area contributed by atoms with E-state index in [-0.39, 0.29) is 12.4 Å². The van der Waals surface area contributed by atoms with Crippen molar-refractivity contribution in [3.63, 3.8) is 0 Å². The third-order valence-electron chi connectivity index (χ3n) is 5.29. The fraction of sp³-hybridized carbons (Fsp3) is 0.192. The number of aryl methyl sites for hydroxylation is 2. The number of hydrogen-bond donors (Lipinski definition) is 0. The van der Waals surface area contributed by atoms with E-state index < -0.39 is 0 Å². The van der Waals surface area contributed by atoms with Crippen LogP contribution in [0.5, 0.6) is 5.75 Å². The third-order valence-corrected chi connectivity index (χ3v) is 5.29. The van der Waals surface area contributed by atoms with Crippen LogP contribution in [0.15, 0.2) is 71.3 Å². The summed E-state index contributed by atoms with van der Waals surface area (Å²) in [5, 5.41) is 0.893. The first-order chi connectivity index (χ1) is 14.5. The summed E-state index contributed by atoms with van der Waals surface area (Å²) in [6.07, 6.45) is 1.79. The molecule has 4 nitrogen and oxygen atoms in total. The highest BCUT2D eigenvalue weighted by atomic mass is 16.5. The van der Waals surface area contributed by atoms with Crippen molar-refractivity contribution in [1.29, 1.82) is 0 Å². The molecular weight excluding hydrogens is 376 g/mol. The number of carbonyl (C=O) groups is 1. The quantitative estimate of drug-likeness (QED) is 0.372. The van der Waals surface area contributed by atoms with Gasteiger partial charge in [-0.05, 0) is 59.9 Å². The highest BCUT2D eigenvalue weighted by molar-refractivity contribution is 5.86. The summed E-state index contributed by atoms with van der Waals surface area (Å²) in [5.41, 5.74) is 7.59. The summed E-state index contributed by atoms with van der Waals surface area (Å²) in [4.78, 5) is 11.5. The van der Waals surface area contributed by atoms with Crippen molar-refractivity contribution in [2.24, 2.45) is 0 Å². The monoisotopic (exact) mass is 400 g/mol.